The first-order valence-corrected chi connectivity index (χ1v) is 7.81. The molecule has 6 nitrogen and oxygen atoms in total. The molecule has 134 valence electrons. The lowest BCUT2D eigenvalue weighted by Gasteiger charge is -2.13. The lowest BCUT2D eigenvalue weighted by Crippen LogP contribution is -2.02. The Balaban J connectivity index is 2.04. The van der Waals surface area contributed by atoms with Crippen LogP contribution in [-0.4, -0.2) is 32.2 Å². The molecule has 0 saturated carbocycles. The molecule has 0 bridgehead atoms. The maximum atomic E-state index is 12.7. The van der Waals surface area contributed by atoms with Gasteiger partial charge in [0, 0.05) is 0 Å². The SMILES string of the molecule is COc1ccc(C=CC(=O)c2c(O)c(OC)c3occc3c2OC)cc1. The predicted octanol–water partition coefficient (Wildman–Crippen LogP) is 4.06. The fourth-order valence-corrected chi connectivity index (χ4v) is 2.73. The Hall–Kier alpha value is -3.41. The molecule has 6 heteroatoms. The number of rotatable bonds is 6. The number of hydrogen-bond acceptors (Lipinski definition) is 6. The van der Waals surface area contributed by atoms with Crippen molar-refractivity contribution in [3.05, 3.63) is 53.8 Å². The molecule has 3 rings (SSSR count). The number of ketones is 1. The minimum atomic E-state index is -0.420. The average Bonchev–Trinajstić information content (AvgIpc) is 3.14. The molecule has 2 aromatic carbocycles. The van der Waals surface area contributed by atoms with Crippen LogP contribution in [-0.2, 0) is 0 Å². The van der Waals surface area contributed by atoms with Crippen molar-refractivity contribution in [1.82, 2.24) is 0 Å². The van der Waals surface area contributed by atoms with E-state index >= 15 is 0 Å². The maximum absolute atomic E-state index is 12.7. The summed E-state index contributed by atoms with van der Waals surface area (Å²) >= 11 is 0. The number of aromatic hydroxyl groups is 1. The zero-order chi connectivity index (χ0) is 18.7. The average molecular weight is 354 g/mol. The standard InChI is InChI=1S/C20H18O6/c1-23-13-7-4-12(5-8-13)6-9-15(21)16-17(22)20(25-3)19-14(10-11-26-19)18(16)24-2/h4-11,22H,1-3H3. The van der Waals surface area contributed by atoms with Gasteiger partial charge in [-0.2, -0.15) is 0 Å². The minimum absolute atomic E-state index is 0.0167. The molecule has 1 heterocycles. The van der Waals surface area contributed by atoms with Crippen molar-refractivity contribution in [1.29, 1.82) is 0 Å². The van der Waals surface area contributed by atoms with Gasteiger partial charge >= 0.3 is 0 Å². The van der Waals surface area contributed by atoms with Crippen LogP contribution in [0.15, 0.2) is 47.1 Å². The lowest BCUT2D eigenvalue weighted by atomic mass is 10.0. The van der Waals surface area contributed by atoms with Crippen molar-refractivity contribution in [2.45, 2.75) is 0 Å². The second kappa shape index (κ2) is 7.23. The molecule has 0 spiro atoms. The summed E-state index contributed by atoms with van der Waals surface area (Å²) in [7, 11) is 4.41. The summed E-state index contributed by atoms with van der Waals surface area (Å²) in [6.45, 7) is 0. The number of benzene rings is 2. The van der Waals surface area contributed by atoms with Gasteiger partial charge in [-0.15, -0.1) is 0 Å². The molecular weight excluding hydrogens is 336 g/mol. The van der Waals surface area contributed by atoms with Crippen LogP contribution in [0.25, 0.3) is 17.0 Å². The van der Waals surface area contributed by atoms with Crippen LogP contribution in [0.2, 0.25) is 0 Å². The van der Waals surface area contributed by atoms with Crippen LogP contribution in [0.1, 0.15) is 15.9 Å². The third kappa shape index (κ3) is 2.97. The highest BCUT2D eigenvalue weighted by atomic mass is 16.5. The van der Waals surface area contributed by atoms with Crippen molar-refractivity contribution < 1.29 is 28.5 Å². The van der Waals surface area contributed by atoms with Gasteiger partial charge in [-0.1, -0.05) is 18.2 Å². The second-order valence-corrected chi connectivity index (χ2v) is 5.42. The maximum Gasteiger partial charge on any atom is 0.205 e. The summed E-state index contributed by atoms with van der Waals surface area (Å²) in [6.07, 6.45) is 4.45. The third-order valence-electron chi connectivity index (χ3n) is 3.99. The molecule has 26 heavy (non-hydrogen) atoms. The number of hydrogen-bond donors (Lipinski definition) is 1. The van der Waals surface area contributed by atoms with E-state index < -0.39 is 5.78 Å². The lowest BCUT2D eigenvalue weighted by molar-refractivity contribution is 0.104. The fourth-order valence-electron chi connectivity index (χ4n) is 2.73. The van der Waals surface area contributed by atoms with Gasteiger partial charge in [-0.05, 0) is 29.8 Å². The summed E-state index contributed by atoms with van der Waals surface area (Å²) in [5.74, 6) is 0.305. The number of phenols is 1. The van der Waals surface area contributed by atoms with Crippen molar-refractivity contribution >= 4 is 22.8 Å². The Morgan fingerprint density at radius 1 is 1.00 bits per heavy atom. The molecule has 0 unspecified atom stereocenters. The summed E-state index contributed by atoms with van der Waals surface area (Å²) in [4.78, 5) is 12.7. The summed E-state index contributed by atoms with van der Waals surface area (Å²) < 4.78 is 21.0. The molecule has 0 radical (unpaired) electrons. The molecule has 0 fully saturated rings. The summed E-state index contributed by atoms with van der Waals surface area (Å²) in [5.41, 5.74) is 1.15. The number of carbonyl (C=O) groups excluding carboxylic acids is 1. The largest absolute Gasteiger partial charge is 0.504 e. The normalized spacial score (nSPS) is 11.0. The van der Waals surface area contributed by atoms with Gasteiger partial charge in [0.15, 0.2) is 17.1 Å². The van der Waals surface area contributed by atoms with Crippen molar-refractivity contribution in [3.8, 4) is 23.0 Å². The molecule has 0 aliphatic rings. The number of allylic oxidation sites excluding steroid dienone is 1. The Morgan fingerprint density at radius 2 is 1.69 bits per heavy atom. The highest BCUT2D eigenvalue weighted by molar-refractivity contribution is 6.15. The highest BCUT2D eigenvalue weighted by Gasteiger charge is 2.26. The van der Waals surface area contributed by atoms with E-state index in [1.165, 1.54) is 26.6 Å². The van der Waals surface area contributed by atoms with Crippen LogP contribution in [0.3, 0.4) is 0 Å². The quantitative estimate of drug-likeness (QED) is 0.531. The van der Waals surface area contributed by atoms with Gasteiger partial charge in [0.1, 0.15) is 17.1 Å². The van der Waals surface area contributed by atoms with Gasteiger partial charge < -0.3 is 23.7 Å². The second-order valence-electron chi connectivity index (χ2n) is 5.42. The van der Waals surface area contributed by atoms with Gasteiger partial charge in [-0.3, -0.25) is 4.79 Å². The van der Waals surface area contributed by atoms with E-state index in [9.17, 15) is 9.90 Å². The molecule has 0 aliphatic heterocycles. The first kappa shape index (κ1) is 17.4. The summed E-state index contributed by atoms with van der Waals surface area (Å²) in [6, 6.07) is 8.88. The van der Waals surface area contributed by atoms with E-state index in [1.807, 2.05) is 12.1 Å². The first-order chi connectivity index (χ1) is 12.6. The topological polar surface area (TPSA) is 78.1 Å². The zero-order valence-corrected chi connectivity index (χ0v) is 14.6. The van der Waals surface area contributed by atoms with E-state index in [4.69, 9.17) is 18.6 Å². The predicted molar refractivity (Wildman–Crippen MR) is 97.3 cm³/mol. The van der Waals surface area contributed by atoms with Crippen LogP contribution < -0.4 is 14.2 Å². The first-order valence-electron chi connectivity index (χ1n) is 7.81. The third-order valence-corrected chi connectivity index (χ3v) is 3.99. The van der Waals surface area contributed by atoms with Crippen molar-refractivity contribution in [3.63, 3.8) is 0 Å². The summed E-state index contributed by atoms with van der Waals surface area (Å²) in [5, 5.41) is 11.1. The van der Waals surface area contributed by atoms with E-state index in [2.05, 4.69) is 0 Å². The minimum Gasteiger partial charge on any atom is -0.504 e. The van der Waals surface area contributed by atoms with E-state index in [0.29, 0.717) is 11.0 Å². The van der Waals surface area contributed by atoms with Crippen molar-refractivity contribution in [2.24, 2.45) is 0 Å². The van der Waals surface area contributed by atoms with Crippen molar-refractivity contribution in [2.75, 3.05) is 21.3 Å². The molecule has 0 amide bonds. The molecule has 3 aromatic rings. The fraction of sp³-hybridized carbons (Fsp3) is 0.150. The van der Waals surface area contributed by atoms with Gasteiger partial charge in [-0.25, -0.2) is 0 Å². The van der Waals surface area contributed by atoms with Crippen LogP contribution in [0, 0.1) is 0 Å². The zero-order valence-electron chi connectivity index (χ0n) is 14.6. The van der Waals surface area contributed by atoms with Crippen LogP contribution in [0.4, 0.5) is 0 Å². The van der Waals surface area contributed by atoms with Gasteiger partial charge in [0.2, 0.25) is 5.75 Å². The Morgan fingerprint density at radius 3 is 2.31 bits per heavy atom. The molecule has 1 N–H and O–H groups in total. The molecule has 0 saturated heterocycles. The van der Waals surface area contributed by atoms with E-state index in [-0.39, 0.29) is 22.8 Å². The van der Waals surface area contributed by atoms with E-state index in [1.54, 1.807) is 31.4 Å². The Kier molecular flexibility index (Phi) is 4.84. The number of furan rings is 1. The molecular formula is C20H18O6. The molecule has 1 aromatic heterocycles. The number of methoxy groups -OCH3 is 3. The van der Waals surface area contributed by atoms with Gasteiger partial charge in [0.05, 0.1) is 33.0 Å². The number of carbonyl (C=O) groups is 1. The number of ether oxygens (including phenoxy) is 3. The number of fused-ring (bicyclic) bond motifs is 1. The van der Waals surface area contributed by atoms with E-state index in [0.717, 1.165) is 11.3 Å². The Bertz CT molecular complexity index is 966. The van der Waals surface area contributed by atoms with Gasteiger partial charge in [0.25, 0.3) is 0 Å². The highest BCUT2D eigenvalue weighted by Crippen LogP contribution is 2.45. The number of phenolic OH excluding ortho intramolecular Hbond substituents is 1. The van der Waals surface area contributed by atoms with Crippen LogP contribution >= 0.6 is 0 Å². The molecule has 0 atom stereocenters. The monoisotopic (exact) mass is 354 g/mol. The Labute approximate surface area is 150 Å². The smallest absolute Gasteiger partial charge is 0.205 e. The molecule has 0 aliphatic carbocycles. The van der Waals surface area contributed by atoms with Crippen LogP contribution in [0.5, 0.6) is 23.0 Å².